The summed E-state index contributed by atoms with van der Waals surface area (Å²) < 4.78 is 18.3. The number of halogens is 2. The van der Waals surface area contributed by atoms with Gasteiger partial charge in [0.1, 0.15) is 17.2 Å². The molecule has 1 aromatic carbocycles. The first-order valence-corrected chi connectivity index (χ1v) is 7.38. The van der Waals surface area contributed by atoms with Crippen molar-refractivity contribution in [3.63, 3.8) is 0 Å². The molecule has 3 rings (SSSR count). The first-order chi connectivity index (χ1) is 10.5. The minimum atomic E-state index is -1.23. The Hall–Kier alpha value is -1.85. The number of furan rings is 1. The lowest BCUT2D eigenvalue weighted by Gasteiger charge is -2.26. The summed E-state index contributed by atoms with van der Waals surface area (Å²) in [5, 5.41) is 13.5. The molecule has 0 aliphatic heterocycles. The van der Waals surface area contributed by atoms with E-state index in [4.69, 9.17) is 16.0 Å². The topological polar surface area (TPSA) is 62.5 Å². The molecular weight excluding hydrogens is 309 g/mol. The van der Waals surface area contributed by atoms with Crippen molar-refractivity contribution in [1.82, 2.24) is 5.32 Å². The third-order valence-corrected chi connectivity index (χ3v) is 4.21. The number of carbonyl (C=O) groups is 1. The van der Waals surface area contributed by atoms with Crippen molar-refractivity contribution in [3.05, 3.63) is 58.8 Å². The summed E-state index contributed by atoms with van der Waals surface area (Å²) in [6, 6.07) is 6.95. The minimum absolute atomic E-state index is 0.0116. The van der Waals surface area contributed by atoms with Crippen LogP contribution in [0.3, 0.4) is 0 Å². The lowest BCUT2D eigenvalue weighted by Crippen LogP contribution is -2.42. The molecular formula is C16H15ClFNO3. The van der Waals surface area contributed by atoms with E-state index in [2.05, 4.69) is 5.32 Å². The highest BCUT2D eigenvalue weighted by Gasteiger charge is 2.47. The van der Waals surface area contributed by atoms with Crippen LogP contribution >= 0.6 is 11.6 Å². The third kappa shape index (κ3) is 2.87. The fourth-order valence-electron chi connectivity index (χ4n) is 2.50. The summed E-state index contributed by atoms with van der Waals surface area (Å²) in [4.78, 5) is 12.2. The molecule has 2 N–H and O–H groups in total. The van der Waals surface area contributed by atoms with Gasteiger partial charge in [0.2, 0.25) is 0 Å². The van der Waals surface area contributed by atoms with E-state index < -0.39 is 17.3 Å². The van der Waals surface area contributed by atoms with Gasteiger partial charge in [0.15, 0.2) is 0 Å². The molecule has 6 heteroatoms. The zero-order chi connectivity index (χ0) is 15.7. The molecule has 1 aliphatic rings. The van der Waals surface area contributed by atoms with E-state index in [1.807, 2.05) is 0 Å². The second-order valence-corrected chi connectivity index (χ2v) is 5.89. The largest absolute Gasteiger partial charge is 0.466 e. The van der Waals surface area contributed by atoms with Crippen LogP contribution in [0.4, 0.5) is 4.39 Å². The average Bonchev–Trinajstić information content (AvgIpc) is 3.20. The maximum absolute atomic E-state index is 13.0. The lowest BCUT2D eigenvalue weighted by atomic mass is 9.94. The van der Waals surface area contributed by atoms with Crippen molar-refractivity contribution in [2.45, 2.75) is 18.4 Å². The van der Waals surface area contributed by atoms with E-state index in [-0.39, 0.29) is 23.0 Å². The highest BCUT2D eigenvalue weighted by Crippen LogP contribution is 2.45. The standard InChI is InChI=1S/C16H15ClFNO3/c17-13-8-11(18)5-6-12(13)15(20)19-9-16(21,10-3-4-10)14-2-1-7-22-14/h1-2,5-8,10,21H,3-4,9H2,(H,19,20). The summed E-state index contributed by atoms with van der Waals surface area (Å²) in [6.07, 6.45) is 3.25. The smallest absolute Gasteiger partial charge is 0.252 e. The summed E-state index contributed by atoms with van der Waals surface area (Å²) >= 11 is 5.87. The second kappa shape index (κ2) is 5.74. The molecule has 1 aliphatic carbocycles. The second-order valence-electron chi connectivity index (χ2n) is 5.48. The molecule has 4 nitrogen and oxygen atoms in total. The van der Waals surface area contributed by atoms with Crippen molar-refractivity contribution < 1.29 is 18.7 Å². The molecule has 1 atom stereocenters. The van der Waals surface area contributed by atoms with Crippen LogP contribution in [-0.4, -0.2) is 17.6 Å². The van der Waals surface area contributed by atoms with Gasteiger partial charge < -0.3 is 14.8 Å². The molecule has 0 radical (unpaired) electrons. The molecule has 1 unspecified atom stereocenters. The first-order valence-electron chi connectivity index (χ1n) is 7.00. The number of nitrogens with one attached hydrogen (secondary N) is 1. The highest BCUT2D eigenvalue weighted by atomic mass is 35.5. The summed E-state index contributed by atoms with van der Waals surface area (Å²) in [5.41, 5.74) is -1.06. The van der Waals surface area contributed by atoms with E-state index in [9.17, 15) is 14.3 Å². The SMILES string of the molecule is O=C(NCC(O)(c1ccco1)C1CC1)c1ccc(F)cc1Cl. The van der Waals surface area contributed by atoms with Gasteiger partial charge in [-0.3, -0.25) is 4.79 Å². The predicted octanol–water partition coefficient (Wildman–Crippen LogP) is 3.10. The van der Waals surface area contributed by atoms with E-state index in [0.717, 1.165) is 18.9 Å². The fraction of sp³-hybridized carbons (Fsp3) is 0.312. The molecule has 0 saturated heterocycles. The molecule has 116 valence electrons. The van der Waals surface area contributed by atoms with Gasteiger partial charge in [-0.05, 0) is 49.1 Å². The summed E-state index contributed by atoms with van der Waals surface area (Å²) in [6.45, 7) is 0.0116. The molecule has 1 saturated carbocycles. The molecule has 0 bridgehead atoms. The Labute approximate surface area is 131 Å². The number of hydrogen-bond donors (Lipinski definition) is 2. The Morgan fingerprint density at radius 1 is 1.45 bits per heavy atom. The molecule has 0 spiro atoms. The van der Waals surface area contributed by atoms with Crippen molar-refractivity contribution in [1.29, 1.82) is 0 Å². The Kier molecular flexibility index (Phi) is 3.93. The quantitative estimate of drug-likeness (QED) is 0.888. The van der Waals surface area contributed by atoms with Gasteiger partial charge in [-0.1, -0.05) is 11.6 Å². The van der Waals surface area contributed by atoms with Gasteiger partial charge in [0, 0.05) is 0 Å². The molecule has 22 heavy (non-hydrogen) atoms. The Morgan fingerprint density at radius 3 is 2.82 bits per heavy atom. The van der Waals surface area contributed by atoms with E-state index in [1.54, 1.807) is 12.1 Å². The van der Waals surface area contributed by atoms with Crippen molar-refractivity contribution in [2.24, 2.45) is 5.92 Å². The zero-order valence-corrected chi connectivity index (χ0v) is 12.4. The fourth-order valence-corrected chi connectivity index (χ4v) is 2.76. The summed E-state index contributed by atoms with van der Waals surface area (Å²) in [5.74, 6) is -0.481. The Bertz CT molecular complexity index is 685. The molecule has 1 fully saturated rings. The average molecular weight is 324 g/mol. The van der Waals surface area contributed by atoms with Crippen LogP contribution in [-0.2, 0) is 5.60 Å². The number of hydrogen-bond acceptors (Lipinski definition) is 3. The highest BCUT2D eigenvalue weighted by molar-refractivity contribution is 6.33. The van der Waals surface area contributed by atoms with Gasteiger partial charge in [-0.2, -0.15) is 0 Å². The normalized spacial score (nSPS) is 17.0. The lowest BCUT2D eigenvalue weighted by molar-refractivity contribution is -0.00610. The van der Waals surface area contributed by atoms with E-state index in [1.165, 1.54) is 18.4 Å². The molecule has 1 aromatic heterocycles. The number of aliphatic hydroxyl groups is 1. The van der Waals surface area contributed by atoms with Crippen LogP contribution < -0.4 is 5.32 Å². The van der Waals surface area contributed by atoms with Crippen LogP contribution in [0.15, 0.2) is 41.0 Å². The Morgan fingerprint density at radius 2 is 2.23 bits per heavy atom. The first kappa shape index (κ1) is 15.1. The van der Waals surface area contributed by atoms with Gasteiger partial charge in [0.05, 0.1) is 23.4 Å². The number of rotatable bonds is 5. The van der Waals surface area contributed by atoms with Gasteiger partial charge in [-0.15, -0.1) is 0 Å². The third-order valence-electron chi connectivity index (χ3n) is 3.89. The number of benzene rings is 1. The number of carbonyl (C=O) groups excluding carboxylic acids is 1. The van der Waals surface area contributed by atoms with Crippen molar-refractivity contribution >= 4 is 17.5 Å². The van der Waals surface area contributed by atoms with Crippen LogP contribution in [0.25, 0.3) is 0 Å². The van der Waals surface area contributed by atoms with Crippen molar-refractivity contribution in [3.8, 4) is 0 Å². The van der Waals surface area contributed by atoms with Crippen LogP contribution in [0.1, 0.15) is 29.0 Å². The van der Waals surface area contributed by atoms with Gasteiger partial charge in [0.25, 0.3) is 5.91 Å². The van der Waals surface area contributed by atoms with E-state index >= 15 is 0 Å². The number of amides is 1. The van der Waals surface area contributed by atoms with Gasteiger partial charge >= 0.3 is 0 Å². The zero-order valence-electron chi connectivity index (χ0n) is 11.7. The maximum atomic E-state index is 13.0. The van der Waals surface area contributed by atoms with E-state index in [0.29, 0.717) is 5.76 Å². The molecule has 2 aromatic rings. The van der Waals surface area contributed by atoms with Gasteiger partial charge in [-0.25, -0.2) is 4.39 Å². The van der Waals surface area contributed by atoms with Crippen molar-refractivity contribution in [2.75, 3.05) is 6.54 Å². The van der Waals surface area contributed by atoms with Crippen LogP contribution in [0, 0.1) is 11.7 Å². The summed E-state index contributed by atoms with van der Waals surface area (Å²) in [7, 11) is 0. The maximum Gasteiger partial charge on any atom is 0.252 e. The Balaban J connectivity index is 1.74. The monoisotopic (exact) mass is 323 g/mol. The molecule has 1 amide bonds. The van der Waals surface area contributed by atoms with Crippen LogP contribution in [0.5, 0.6) is 0 Å². The minimum Gasteiger partial charge on any atom is -0.466 e. The molecule has 1 heterocycles. The predicted molar refractivity (Wildman–Crippen MR) is 79.1 cm³/mol. The van der Waals surface area contributed by atoms with Crippen LogP contribution in [0.2, 0.25) is 5.02 Å².